The van der Waals surface area contributed by atoms with Crippen LogP contribution in [-0.4, -0.2) is 34.0 Å². The Morgan fingerprint density at radius 3 is 2.94 bits per heavy atom. The Hall–Kier alpha value is -0.940. The molecule has 1 atom stereocenters. The van der Waals surface area contributed by atoms with Gasteiger partial charge in [-0.25, -0.2) is 4.98 Å². The van der Waals surface area contributed by atoms with Crippen LogP contribution in [0.5, 0.6) is 0 Å². The second kappa shape index (κ2) is 4.14. The predicted octanol–water partition coefficient (Wildman–Crippen LogP) is 1.22. The summed E-state index contributed by atoms with van der Waals surface area (Å²) in [6.45, 7) is 4.71. The highest BCUT2D eigenvalue weighted by atomic mass is 32.1. The number of amides is 1. The van der Waals surface area contributed by atoms with E-state index in [1.54, 1.807) is 17.5 Å². The Labute approximate surface area is 98.9 Å². The van der Waals surface area contributed by atoms with E-state index >= 15 is 0 Å². The predicted molar refractivity (Wildman–Crippen MR) is 62.0 cm³/mol. The van der Waals surface area contributed by atoms with Crippen LogP contribution in [0.25, 0.3) is 0 Å². The fourth-order valence-corrected chi connectivity index (χ4v) is 2.86. The van der Waals surface area contributed by atoms with Gasteiger partial charge in [-0.15, -0.1) is 11.3 Å². The van der Waals surface area contributed by atoms with E-state index in [4.69, 9.17) is 5.11 Å². The van der Waals surface area contributed by atoms with Crippen molar-refractivity contribution in [3.63, 3.8) is 0 Å². The zero-order chi connectivity index (χ0) is 11.8. The number of likely N-dealkylation sites (tertiary alicyclic amines) is 1. The van der Waals surface area contributed by atoms with Crippen molar-refractivity contribution in [2.75, 3.05) is 13.2 Å². The number of hydrogen-bond acceptors (Lipinski definition) is 4. The maximum absolute atomic E-state index is 11.9. The first kappa shape index (κ1) is 11.5. The molecule has 0 bridgehead atoms. The number of aliphatic hydroxyl groups excluding tert-OH is 1. The summed E-state index contributed by atoms with van der Waals surface area (Å²) in [5.74, 6) is 0.186. The summed E-state index contributed by atoms with van der Waals surface area (Å²) in [4.78, 5) is 18.0. The highest BCUT2D eigenvalue weighted by Crippen LogP contribution is 2.34. The smallest absolute Gasteiger partial charge is 0.223 e. The van der Waals surface area contributed by atoms with Crippen molar-refractivity contribution in [1.82, 2.24) is 9.88 Å². The quantitative estimate of drug-likeness (QED) is 0.864. The van der Waals surface area contributed by atoms with Gasteiger partial charge in [-0.2, -0.15) is 0 Å². The number of rotatable bonds is 3. The second-order valence-electron chi connectivity index (χ2n) is 4.65. The van der Waals surface area contributed by atoms with Gasteiger partial charge in [0.15, 0.2) is 0 Å². The lowest BCUT2D eigenvalue weighted by atomic mass is 10.0. The minimum Gasteiger partial charge on any atom is -0.396 e. The van der Waals surface area contributed by atoms with Crippen LogP contribution in [0.3, 0.4) is 0 Å². The van der Waals surface area contributed by atoms with Gasteiger partial charge in [0.05, 0.1) is 5.54 Å². The molecule has 1 fully saturated rings. The Morgan fingerprint density at radius 1 is 1.69 bits per heavy atom. The molecule has 1 aromatic heterocycles. The van der Waals surface area contributed by atoms with Crippen molar-refractivity contribution in [1.29, 1.82) is 0 Å². The Balaban J connectivity index is 2.22. The summed E-state index contributed by atoms with van der Waals surface area (Å²) in [7, 11) is 0. The molecule has 88 valence electrons. The van der Waals surface area contributed by atoms with Crippen molar-refractivity contribution in [3.8, 4) is 0 Å². The Bertz CT molecular complexity index is 375. The number of thiazole rings is 1. The molecule has 1 aromatic rings. The van der Waals surface area contributed by atoms with Gasteiger partial charge in [0.2, 0.25) is 5.91 Å². The summed E-state index contributed by atoms with van der Waals surface area (Å²) < 4.78 is 0. The standard InChI is InChI=1S/C11H16N2O2S/c1-11(2,10-12-3-4-16-10)13-6-8(7-14)5-9(13)15/h3-4,8,14H,5-7H2,1-2H3. The van der Waals surface area contributed by atoms with Crippen molar-refractivity contribution in [2.45, 2.75) is 25.8 Å². The lowest BCUT2D eigenvalue weighted by molar-refractivity contribution is -0.132. The molecule has 2 rings (SSSR count). The molecule has 5 heteroatoms. The SMILES string of the molecule is CC(C)(c1nccs1)N1CC(CO)CC1=O. The van der Waals surface area contributed by atoms with Crippen LogP contribution in [-0.2, 0) is 10.3 Å². The second-order valence-corrected chi connectivity index (χ2v) is 5.55. The maximum Gasteiger partial charge on any atom is 0.223 e. The first-order valence-corrected chi connectivity index (χ1v) is 6.25. The number of carbonyl (C=O) groups is 1. The van der Waals surface area contributed by atoms with E-state index in [1.807, 2.05) is 24.1 Å². The molecule has 0 radical (unpaired) electrons. The zero-order valence-electron chi connectivity index (χ0n) is 9.51. The molecule has 0 aromatic carbocycles. The van der Waals surface area contributed by atoms with Crippen LogP contribution in [0, 0.1) is 5.92 Å². The number of carbonyl (C=O) groups excluding carboxylic acids is 1. The Kier molecular flexibility index (Phi) is 2.99. The number of aliphatic hydroxyl groups is 1. The fraction of sp³-hybridized carbons (Fsp3) is 0.636. The van der Waals surface area contributed by atoms with Gasteiger partial charge in [0.1, 0.15) is 5.01 Å². The third kappa shape index (κ3) is 1.85. The van der Waals surface area contributed by atoms with Gasteiger partial charge in [-0.05, 0) is 13.8 Å². The molecule has 0 spiro atoms. The zero-order valence-corrected chi connectivity index (χ0v) is 10.3. The van der Waals surface area contributed by atoms with E-state index in [0.717, 1.165) is 5.01 Å². The summed E-state index contributed by atoms with van der Waals surface area (Å²) in [6.07, 6.45) is 2.21. The third-order valence-corrected chi connectivity index (χ3v) is 4.18. The van der Waals surface area contributed by atoms with Gasteiger partial charge >= 0.3 is 0 Å². The van der Waals surface area contributed by atoms with Gasteiger partial charge in [-0.3, -0.25) is 4.79 Å². The monoisotopic (exact) mass is 240 g/mol. The van der Waals surface area contributed by atoms with Crippen LogP contribution in [0.1, 0.15) is 25.3 Å². The topological polar surface area (TPSA) is 53.4 Å². The fourth-order valence-electron chi connectivity index (χ4n) is 2.09. The molecule has 16 heavy (non-hydrogen) atoms. The highest BCUT2D eigenvalue weighted by molar-refractivity contribution is 7.09. The lowest BCUT2D eigenvalue weighted by Gasteiger charge is -2.34. The Morgan fingerprint density at radius 2 is 2.44 bits per heavy atom. The number of hydrogen-bond donors (Lipinski definition) is 1. The van der Waals surface area contributed by atoms with Gasteiger partial charge in [-0.1, -0.05) is 0 Å². The minimum absolute atomic E-state index is 0.0757. The summed E-state index contributed by atoms with van der Waals surface area (Å²) in [6, 6.07) is 0. The molecule has 1 aliphatic heterocycles. The lowest BCUT2D eigenvalue weighted by Crippen LogP contribution is -2.42. The van der Waals surface area contributed by atoms with Gasteiger partial charge < -0.3 is 10.0 Å². The maximum atomic E-state index is 11.9. The number of nitrogens with zero attached hydrogens (tertiary/aromatic N) is 2. The summed E-state index contributed by atoms with van der Waals surface area (Å²) in [5, 5.41) is 12.0. The molecule has 1 N–H and O–H groups in total. The van der Waals surface area contributed by atoms with Gasteiger partial charge in [0, 0.05) is 37.1 Å². The van der Waals surface area contributed by atoms with Crippen LogP contribution >= 0.6 is 11.3 Å². The van der Waals surface area contributed by atoms with E-state index in [-0.39, 0.29) is 24.0 Å². The van der Waals surface area contributed by atoms with Crippen molar-refractivity contribution < 1.29 is 9.90 Å². The minimum atomic E-state index is -0.366. The van der Waals surface area contributed by atoms with Crippen LogP contribution in [0.4, 0.5) is 0 Å². The van der Waals surface area contributed by atoms with E-state index in [9.17, 15) is 4.79 Å². The molecule has 1 aliphatic rings. The molecule has 1 saturated heterocycles. The first-order chi connectivity index (χ1) is 7.55. The van der Waals surface area contributed by atoms with Crippen LogP contribution in [0.2, 0.25) is 0 Å². The molecule has 0 saturated carbocycles. The average Bonchev–Trinajstić information content (AvgIpc) is 2.85. The van der Waals surface area contributed by atoms with E-state index in [2.05, 4.69) is 4.98 Å². The summed E-state index contributed by atoms with van der Waals surface area (Å²) in [5.41, 5.74) is -0.366. The molecule has 1 amide bonds. The van der Waals surface area contributed by atoms with Crippen LogP contribution < -0.4 is 0 Å². The first-order valence-electron chi connectivity index (χ1n) is 5.37. The molecular weight excluding hydrogens is 224 g/mol. The van der Waals surface area contributed by atoms with Crippen LogP contribution in [0.15, 0.2) is 11.6 Å². The summed E-state index contributed by atoms with van der Waals surface area (Å²) >= 11 is 1.56. The normalized spacial score (nSPS) is 21.8. The average molecular weight is 240 g/mol. The third-order valence-electron chi connectivity index (χ3n) is 3.09. The molecule has 1 unspecified atom stereocenters. The number of aromatic nitrogens is 1. The van der Waals surface area contributed by atoms with E-state index in [0.29, 0.717) is 13.0 Å². The van der Waals surface area contributed by atoms with Crippen molar-refractivity contribution in [2.24, 2.45) is 5.92 Å². The van der Waals surface area contributed by atoms with Crippen molar-refractivity contribution in [3.05, 3.63) is 16.6 Å². The largest absolute Gasteiger partial charge is 0.396 e. The van der Waals surface area contributed by atoms with Gasteiger partial charge in [0.25, 0.3) is 0 Å². The highest BCUT2D eigenvalue weighted by Gasteiger charge is 2.40. The molecular formula is C11H16N2O2S. The van der Waals surface area contributed by atoms with E-state index in [1.165, 1.54) is 0 Å². The van der Waals surface area contributed by atoms with E-state index < -0.39 is 0 Å². The van der Waals surface area contributed by atoms with Crippen molar-refractivity contribution >= 4 is 17.2 Å². The molecule has 4 nitrogen and oxygen atoms in total. The molecule has 0 aliphatic carbocycles. The molecule has 2 heterocycles.